The molecule has 1 heterocycles. The number of carbonyl (C=O) groups is 1. The summed E-state index contributed by atoms with van der Waals surface area (Å²) in [5.41, 5.74) is 1.43. The second-order valence-electron chi connectivity index (χ2n) is 4.78. The molecule has 2 aromatic rings. The molecule has 0 spiro atoms. The maximum Gasteiger partial charge on any atom is 0.239 e. The van der Waals surface area contributed by atoms with Crippen LogP contribution >= 0.6 is 0 Å². The Balaban J connectivity index is 2.05. The zero-order valence-electron chi connectivity index (χ0n) is 12.6. The predicted molar refractivity (Wildman–Crippen MR) is 81.6 cm³/mol. The summed E-state index contributed by atoms with van der Waals surface area (Å²) in [7, 11) is 1.60. The van der Waals surface area contributed by atoms with Gasteiger partial charge in [-0.15, -0.1) is 0 Å². The molecule has 118 valence electrons. The third-order valence-electron chi connectivity index (χ3n) is 2.94. The van der Waals surface area contributed by atoms with E-state index in [1.807, 2.05) is 6.92 Å². The molecule has 1 amide bonds. The molecule has 7 heteroatoms. The topological polar surface area (TPSA) is 68.2 Å². The lowest BCUT2D eigenvalue weighted by molar-refractivity contribution is -0.115. The first-order valence-corrected chi connectivity index (χ1v) is 6.92. The van der Waals surface area contributed by atoms with Gasteiger partial charge in [-0.3, -0.25) is 4.79 Å². The molecule has 0 aliphatic rings. The monoisotopic (exact) mass is 306 g/mol. The SMILES string of the molecule is COCCNCC(=O)Nc1cc(C)nn1-c1ccc(F)cc1. The van der Waals surface area contributed by atoms with Crippen LogP contribution in [0.1, 0.15) is 5.69 Å². The molecule has 6 nitrogen and oxygen atoms in total. The Bertz CT molecular complexity index is 625. The first kappa shape index (κ1) is 16.1. The summed E-state index contributed by atoms with van der Waals surface area (Å²) in [6, 6.07) is 7.67. The predicted octanol–water partition coefficient (Wildman–Crippen LogP) is 1.49. The van der Waals surface area contributed by atoms with Crippen LogP contribution < -0.4 is 10.6 Å². The highest BCUT2D eigenvalue weighted by atomic mass is 19.1. The summed E-state index contributed by atoms with van der Waals surface area (Å²) >= 11 is 0. The van der Waals surface area contributed by atoms with E-state index in [0.717, 1.165) is 5.69 Å². The Morgan fingerprint density at radius 1 is 1.36 bits per heavy atom. The van der Waals surface area contributed by atoms with Gasteiger partial charge in [0.05, 0.1) is 24.5 Å². The molecule has 0 saturated heterocycles. The van der Waals surface area contributed by atoms with Crippen molar-refractivity contribution in [1.82, 2.24) is 15.1 Å². The van der Waals surface area contributed by atoms with Gasteiger partial charge in [-0.25, -0.2) is 9.07 Å². The molecule has 22 heavy (non-hydrogen) atoms. The van der Waals surface area contributed by atoms with E-state index in [4.69, 9.17) is 4.74 Å². The van der Waals surface area contributed by atoms with Crippen LogP contribution in [0.3, 0.4) is 0 Å². The number of benzene rings is 1. The molecule has 0 aliphatic heterocycles. The van der Waals surface area contributed by atoms with E-state index in [-0.39, 0.29) is 18.3 Å². The van der Waals surface area contributed by atoms with Crippen molar-refractivity contribution < 1.29 is 13.9 Å². The molecule has 2 N–H and O–H groups in total. The van der Waals surface area contributed by atoms with Crippen LogP contribution in [0.15, 0.2) is 30.3 Å². The summed E-state index contributed by atoms with van der Waals surface area (Å²) < 4.78 is 19.5. The molecule has 1 aromatic carbocycles. The van der Waals surface area contributed by atoms with Gasteiger partial charge < -0.3 is 15.4 Å². The number of methoxy groups -OCH3 is 1. The van der Waals surface area contributed by atoms with Crippen molar-refractivity contribution in [2.45, 2.75) is 6.92 Å². The molecule has 1 aromatic heterocycles. The molecule has 0 atom stereocenters. The van der Waals surface area contributed by atoms with Crippen molar-refractivity contribution in [3.05, 3.63) is 41.8 Å². The number of amides is 1. The minimum atomic E-state index is -0.319. The van der Waals surface area contributed by atoms with Crippen LogP contribution in [0.5, 0.6) is 0 Å². The average molecular weight is 306 g/mol. The lowest BCUT2D eigenvalue weighted by Gasteiger charge is -2.09. The van der Waals surface area contributed by atoms with Gasteiger partial charge in [-0.05, 0) is 31.2 Å². The smallest absolute Gasteiger partial charge is 0.239 e. The fourth-order valence-corrected chi connectivity index (χ4v) is 1.93. The van der Waals surface area contributed by atoms with E-state index in [1.165, 1.54) is 12.1 Å². The van der Waals surface area contributed by atoms with E-state index in [2.05, 4.69) is 15.7 Å². The van der Waals surface area contributed by atoms with Crippen molar-refractivity contribution >= 4 is 11.7 Å². The number of anilines is 1. The van der Waals surface area contributed by atoms with Gasteiger partial charge in [0.25, 0.3) is 0 Å². The lowest BCUT2D eigenvalue weighted by atomic mass is 10.3. The quantitative estimate of drug-likeness (QED) is 0.761. The number of halogens is 1. The number of rotatable bonds is 7. The summed E-state index contributed by atoms with van der Waals surface area (Å²) in [6.45, 7) is 3.14. The Labute approximate surface area is 128 Å². The second-order valence-corrected chi connectivity index (χ2v) is 4.78. The number of ether oxygens (including phenoxy) is 1. The van der Waals surface area contributed by atoms with Crippen LogP contribution in [0.25, 0.3) is 5.69 Å². The molecular weight excluding hydrogens is 287 g/mol. The minimum Gasteiger partial charge on any atom is -0.383 e. The Morgan fingerprint density at radius 2 is 2.09 bits per heavy atom. The van der Waals surface area contributed by atoms with Crippen LogP contribution in [-0.2, 0) is 9.53 Å². The third-order valence-corrected chi connectivity index (χ3v) is 2.94. The van der Waals surface area contributed by atoms with E-state index >= 15 is 0 Å². The van der Waals surface area contributed by atoms with Crippen LogP contribution in [0.4, 0.5) is 10.2 Å². The molecule has 0 bridgehead atoms. The van der Waals surface area contributed by atoms with Gasteiger partial charge in [-0.1, -0.05) is 0 Å². The molecule has 0 saturated carbocycles. The molecule has 0 radical (unpaired) electrons. The largest absolute Gasteiger partial charge is 0.383 e. The zero-order valence-corrected chi connectivity index (χ0v) is 12.6. The van der Waals surface area contributed by atoms with E-state index in [0.29, 0.717) is 24.7 Å². The van der Waals surface area contributed by atoms with Gasteiger partial charge >= 0.3 is 0 Å². The van der Waals surface area contributed by atoms with Crippen molar-refractivity contribution in [2.24, 2.45) is 0 Å². The van der Waals surface area contributed by atoms with Gasteiger partial charge in [-0.2, -0.15) is 5.10 Å². The van der Waals surface area contributed by atoms with Gasteiger partial charge in [0.1, 0.15) is 11.6 Å². The maximum absolute atomic E-state index is 13.0. The van der Waals surface area contributed by atoms with E-state index in [9.17, 15) is 9.18 Å². The minimum absolute atomic E-state index is 0.178. The Hall–Kier alpha value is -2.25. The fourth-order valence-electron chi connectivity index (χ4n) is 1.93. The normalized spacial score (nSPS) is 10.7. The van der Waals surface area contributed by atoms with Crippen molar-refractivity contribution in [2.75, 3.05) is 32.1 Å². The number of hydrogen-bond acceptors (Lipinski definition) is 4. The Morgan fingerprint density at radius 3 is 2.77 bits per heavy atom. The number of nitrogens with one attached hydrogen (secondary N) is 2. The van der Waals surface area contributed by atoms with E-state index in [1.54, 1.807) is 30.0 Å². The van der Waals surface area contributed by atoms with Crippen LogP contribution in [0, 0.1) is 12.7 Å². The lowest BCUT2D eigenvalue weighted by Crippen LogP contribution is -2.30. The van der Waals surface area contributed by atoms with Crippen LogP contribution in [0.2, 0.25) is 0 Å². The summed E-state index contributed by atoms with van der Waals surface area (Å²) in [5.74, 6) is 0.0440. The number of aromatic nitrogens is 2. The van der Waals surface area contributed by atoms with Crippen molar-refractivity contribution in [1.29, 1.82) is 0 Å². The number of nitrogens with zero attached hydrogens (tertiary/aromatic N) is 2. The summed E-state index contributed by atoms with van der Waals surface area (Å²) in [6.07, 6.45) is 0. The summed E-state index contributed by atoms with van der Waals surface area (Å²) in [4.78, 5) is 11.9. The van der Waals surface area contributed by atoms with E-state index < -0.39 is 0 Å². The highest BCUT2D eigenvalue weighted by Crippen LogP contribution is 2.17. The molecule has 2 rings (SSSR count). The highest BCUT2D eigenvalue weighted by Gasteiger charge is 2.10. The standard InChI is InChI=1S/C15H19FN4O2/c1-11-9-14(18-15(21)10-17-7-8-22-2)20(19-11)13-5-3-12(16)4-6-13/h3-6,9,17H,7-8,10H2,1-2H3,(H,18,21). The third kappa shape index (κ3) is 4.37. The summed E-state index contributed by atoms with van der Waals surface area (Å²) in [5, 5.41) is 10.1. The molecule has 0 aliphatic carbocycles. The average Bonchev–Trinajstić information content (AvgIpc) is 2.85. The second kappa shape index (κ2) is 7.67. The number of aryl methyl sites for hydroxylation is 1. The highest BCUT2D eigenvalue weighted by molar-refractivity contribution is 5.91. The Kier molecular flexibility index (Phi) is 5.62. The fraction of sp³-hybridized carbons (Fsp3) is 0.333. The van der Waals surface area contributed by atoms with Gasteiger partial charge in [0.2, 0.25) is 5.91 Å². The van der Waals surface area contributed by atoms with Crippen molar-refractivity contribution in [3.63, 3.8) is 0 Å². The molecular formula is C15H19FN4O2. The number of carbonyl (C=O) groups excluding carboxylic acids is 1. The first-order chi connectivity index (χ1) is 10.6. The molecule has 0 fully saturated rings. The molecule has 0 unspecified atom stereocenters. The van der Waals surface area contributed by atoms with Gasteiger partial charge in [0.15, 0.2) is 0 Å². The van der Waals surface area contributed by atoms with Gasteiger partial charge in [0, 0.05) is 19.7 Å². The van der Waals surface area contributed by atoms with Crippen molar-refractivity contribution in [3.8, 4) is 5.69 Å². The van der Waals surface area contributed by atoms with Crippen LogP contribution in [-0.4, -0.2) is 42.5 Å². The first-order valence-electron chi connectivity index (χ1n) is 6.92. The zero-order chi connectivity index (χ0) is 15.9. The number of hydrogen-bond donors (Lipinski definition) is 2. The maximum atomic E-state index is 13.0.